The highest BCUT2D eigenvalue weighted by Crippen LogP contribution is 2.07. The van der Waals surface area contributed by atoms with Crippen molar-refractivity contribution in [3.8, 4) is 0 Å². The van der Waals surface area contributed by atoms with Gasteiger partial charge in [0, 0.05) is 6.42 Å². The second-order valence-electron chi connectivity index (χ2n) is 3.85. The van der Waals surface area contributed by atoms with Gasteiger partial charge < -0.3 is 20.1 Å². The molecule has 0 saturated heterocycles. The lowest BCUT2D eigenvalue weighted by Gasteiger charge is -2.10. The van der Waals surface area contributed by atoms with E-state index in [2.05, 4.69) is 0 Å². The molecule has 0 radical (unpaired) electrons. The van der Waals surface area contributed by atoms with Gasteiger partial charge in [0.2, 0.25) is 0 Å². The number of esters is 1. The molecule has 0 rings (SSSR count). The Kier molecular flexibility index (Phi) is 9.18. The van der Waals surface area contributed by atoms with Crippen molar-refractivity contribution in [2.24, 2.45) is 0 Å². The van der Waals surface area contributed by atoms with E-state index in [1.807, 2.05) is 6.92 Å². The van der Waals surface area contributed by atoms with Crippen molar-refractivity contribution in [2.45, 2.75) is 51.2 Å². The van der Waals surface area contributed by atoms with Crippen LogP contribution in [-0.4, -0.2) is 46.7 Å². The highest BCUT2D eigenvalue weighted by atomic mass is 16.5. The van der Waals surface area contributed by atoms with E-state index in [4.69, 9.17) is 14.9 Å². The molecule has 0 aromatic rings. The standard InChI is InChI=1S/C11H22O5/c1-2-4-9(13)5-3-6-11(15)16-8-10(14)7-12/h9-10,12-14H,2-8H2,1H3. The van der Waals surface area contributed by atoms with Crippen LogP contribution in [0.2, 0.25) is 0 Å². The van der Waals surface area contributed by atoms with Gasteiger partial charge in [-0.1, -0.05) is 13.3 Å². The third-order valence-electron chi connectivity index (χ3n) is 2.19. The fourth-order valence-electron chi connectivity index (χ4n) is 1.27. The molecule has 16 heavy (non-hydrogen) atoms. The van der Waals surface area contributed by atoms with Gasteiger partial charge in [-0.3, -0.25) is 4.79 Å². The fraction of sp³-hybridized carbons (Fsp3) is 0.909. The maximum Gasteiger partial charge on any atom is 0.305 e. The van der Waals surface area contributed by atoms with Gasteiger partial charge in [0.25, 0.3) is 0 Å². The summed E-state index contributed by atoms with van der Waals surface area (Å²) in [4.78, 5) is 11.1. The number of ether oxygens (including phenoxy) is 1. The van der Waals surface area contributed by atoms with Gasteiger partial charge in [-0.05, 0) is 19.3 Å². The van der Waals surface area contributed by atoms with Crippen LogP contribution in [0.25, 0.3) is 0 Å². The summed E-state index contributed by atoms with van der Waals surface area (Å²) >= 11 is 0. The maximum atomic E-state index is 11.1. The summed E-state index contributed by atoms with van der Waals surface area (Å²) in [7, 11) is 0. The van der Waals surface area contributed by atoms with Crippen molar-refractivity contribution in [3.05, 3.63) is 0 Å². The highest BCUT2D eigenvalue weighted by molar-refractivity contribution is 5.69. The van der Waals surface area contributed by atoms with E-state index in [0.29, 0.717) is 12.8 Å². The van der Waals surface area contributed by atoms with Gasteiger partial charge in [-0.25, -0.2) is 0 Å². The molecule has 2 unspecified atom stereocenters. The average molecular weight is 234 g/mol. The normalized spacial score (nSPS) is 14.5. The van der Waals surface area contributed by atoms with Crippen LogP contribution in [0.1, 0.15) is 39.0 Å². The minimum Gasteiger partial charge on any atom is -0.463 e. The molecule has 0 fully saturated rings. The van der Waals surface area contributed by atoms with Crippen LogP contribution in [0.15, 0.2) is 0 Å². The average Bonchev–Trinajstić information content (AvgIpc) is 2.26. The number of aliphatic hydroxyl groups excluding tert-OH is 3. The summed E-state index contributed by atoms with van der Waals surface area (Å²) in [5, 5.41) is 26.8. The molecule has 0 aromatic carbocycles. The molecule has 5 nitrogen and oxygen atoms in total. The lowest BCUT2D eigenvalue weighted by Crippen LogP contribution is -2.22. The molecule has 5 heteroatoms. The van der Waals surface area contributed by atoms with Crippen molar-refractivity contribution >= 4 is 5.97 Å². The Hall–Kier alpha value is -0.650. The van der Waals surface area contributed by atoms with Crippen LogP contribution in [0.4, 0.5) is 0 Å². The predicted octanol–water partition coefficient (Wildman–Crippen LogP) is 0.214. The van der Waals surface area contributed by atoms with Crippen LogP contribution >= 0.6 is 0 Å². The van der Waals surface area contributed by atoms with Crippen molar-refractivity contribution in [1.29, 1.82) is 0 Å². The monoisotopic (exact) mass is 234 g/mol. The molecule has 0 aliphatic carbocycles. The molecule has 0 spiro atoms. The molecule has 0 aromatic heterocycles. The molecule has 0 heterocycles. The van der Waals surface area contributed by atoms with E-state index in [9.17, 15) is 9.90 Å². The first kappa shape index (κ1) is 15.3. The minimum atomic E-state index is -1.00. The predicted molar refractivity (Wildman–Crippen MR) is 58.8 cm³/mol. The molecular weight excluding hydrogens is 212 g/mol. The smallest absolute Gasteiger partial charge is 0.305 e. The summed E-state index contributed by atoms with van der Waals surface area (Å²) < 4.78 is 4.71. The molecule has 0 saturated carbocycles. The molecule has 96 valence electrons. The number of hydrogen-bond acceptors (Lipinski definition) is 5. The summed E-state index contributed by atoms with van der Waals surface area (Å²) in [5.74, 6) is -0.406. The topological polar surface area (TPSA) is 87.0 Å². The number of aliphatic hydroxyl groups is 3. The molecule has 3 N–H and O–H groups in total. The highest BCUT2D eigenvalue weighted by Gasteiger charge is 2.09. The number of carbonyl (C=O) groups excluding carboxylic acids is 1. The van der Waals surface area contributed by atoms with Gasteiger partial charge in [-0.15, -0.1) is 0 Å². The van der Waals surface area contributed by atoms with E-state index in [1.54, 1.807) is 0 Å². The van der Waals surface area contributed by atoms with Crippen molar-refractivity contribution < 1.29 is 24.9 Å². The SMILES string of the molecule is CCCC(O)CCCC(=O)OCC(O)CO. The van der Waals surface area contributed by atoms with E-state index in [0.717, 1.165) is 12.8 Å². The third-order valence-corrected chi connectivity index (χ3v) is 2.19. The Morgan fingerprint density at radius 3 is 2.50 bits per heavy atom. The third kappa shape index (κ3) is 8.64. The zero-order valence-electron chi connectivity index (χ0n) is 9.76. The van der Waals surface area contributed by atoms with Crippen LogP contribution < -0.4 is 0 Å². The Bertz CT molecular complexity index is 183. The summed E-state index contributed by atoms with van der Waals surface area (Å²) in [6.07, 6.45) is 1.72. The Morgan fingerprint density at radius 2 is 1.94 bits per heavy atom. The van der Waals surface area contributed by atoms with E-state index in [-0.39, 0.29) is 19.1 Å². The van der Waals surface area contributed by atoms with Gasteiger partial charge in [0.1, 0.15) is 12.7 Å². The van der Waals surface area contributed by atoms with Gasteiger partial charge in [-0.2, -0.15) is 0 Å². The maximum absolute atomic E-state index is 11.1. The first-order valence-electron chi connectivity index (χ1n) is 5.72. The zero-order chi connectivity index (χ0) is 12.4. The number of rotatable bonds is 9. The molecule has 0 amide bonds. The minimum absolute atomic E-state index is 0.174. The molecule has 0 bridgehead atoms. The lowest BCUT2D eigenvalue weighted by atomic mass is 10.1. The number of hydrogen-bond donors (Lipinski definition) is 3. The lowest BCUT2D eigenvalue weighted by molar-refractivity contribution is -0.147. The van der Waals surface area contributed by atoms with Crippen LogP contribution in [0, 0.1) is 0 Å². The Balaban J connectivity index is 3.43. The van der Waals surface area contributed by atoms with Gasteiger partial charge >= 0.3 is 5.97 Å². The summed E-state index contributed by atoms with van der Waals surface area (Å²) in [5.41, 5.74) is 0. The molecule has 0 aliphatic rings. The summed E-state index contributed by atoms with van der Waals surface area (Å²) in [6.45, 7) is 1.41. The number of carbonyl (C=O) groups is 1. The second-order valence-corrected chi connectivity index (χ2v) is 3.85. The van der Waals surface area contributed by atoms with E-state index < -0.39 is 18.7 Å². The molecular formula is C11H22O5. The molecule has 0 aliphatic heterocycles. The fourth-order valence-corrected chi connectivity index (χ4v) is 1.27. The molecule has 2 atom stereocenters. The van der Waals surface area contributed by atoms with Crippen LogP contribution in [0.5, 0.6) is 0 Å². The quantitative estimate of drug-likeness (QED) is 0.497. The zero-order valence-corrected chi connectivity index (χ0v) is 9.76. The second kappa shape index (κ2) is 9.57. The van der Waals surface area contributed by atoms with Gasteiger partial charge in [0.15, 0.2) is 0 Å². The van der Waals surface area contributed by atoms with E-state index in [1.165, 1.54) is 0 Å². The van der Waals surface area contributed by atoms with Crippen LogP contribution in [0.3, 0.4) is 0 Å². The Labute approximate surface area is 96.0 Å². The van der Waals surface area contributed by atoms with Crippen LogP contribution in [-0.2, 0) is 9.53 Å². The first-order chi connectivity index (χ1) is 7.60. The summed E-state index contributed by atoms with van der Waals surface area (Å²) in [6, 6.07) is 0. The van der Waals surface area contributed by atoms with Gasteiger partial charge in [0.05, 0.1) is 12.7 Å². The largest absolute Gasteiger partial charge is 0.463 e. The Morgan fingerprint density at radius 1 is 1.25 bits per heavy atom. The van der Waals surface area contributed by atoms with Crippen molar-refractivity contribution in [3.63, 3.8) is 0 Å². The van der Waals surface area contributed by atoms with Crippen molar-refractivity contribution in [2.75, 3.05) is 13.2 Å². The first-order valence-corrected chi connectivity index (χ1v) is 5.72. The van der Waals surface area contributed by atoms with E-state index >= 15 is 0 Å². The van der Waals surface area contributed by atoms with Crippen molar-refractivity contribution in [1.82, 2.24) is 0 Å².